The van der Waals surface area contributed by atoms with Gasteiger partial charge in [-0.15, -0.1) is 0 Å². The molecule has 0 radical (unpaired) electrons. The highest BCUT2D eigenvalue weighted by atomic mass is 16.5. The third-order valence-electron chi connectivity index (χ3n) is 4.20. The molecule has 2 rings (SSSR count). The van der Waals surface area contributed by atoms with Crippen LogP contribution < -0.4 is 19.8 Å². The molecule has 24 heavy (non-hydrogen) atoms. The number of methoxy groups -OCH3 is 3. The minimum absolute atomic E-state index is 0.128. The van der Waals surface area contributed by atoms with E-state index in [1.807, 2.05) is 7.05 Å². The molecule has 0 unspecified atom stereocenters. The molecule has 1 aromatic heterocycles. The zero-order chi connectivity index (χ0) is 17.9. The Morgan fingerprint density at radius 2 is 1.83 bits per heavy atom. The molecule has 0 amide bonds. The molecule has 0 aliphatic carbocycles. The first-order chi connectivity index (χ1) is 11.4. The summed E-state index contributed by atoms with van der Waals surface area (Å²) in [5, 5.41) is 0.444. The normalized spacial score (nSPS) is 11.3. The van der Waals surface area contributed by atoms with Gasteiger partial charge in [-0.25, -0.2) is 4.98 Å². The molecule has 0 fully saturated rings. The van der Waals surface area contributed by atoms with Gasteiger partial charge in [-0.05, 0) is 27.0 Å². The number of fused-ring (bicyclic) bond motifs is 1. The number of aromatic nitrogens is 2. The molecule has 1 heterocycles. The van der Waals surface area contributed by atoms with E-state index in [4.69, 9.17) is 14.2 Å². The highest BCUT2D eigenvalue weighted by molar-refractivity contribution is 5.89. The van der Waals surface area contributed by atoms with Crippen molar-refractivity contribution in [3.05, 3.63) is 22.7 Å². The van der Waals surface area contributed by atoms with Crippen molar-refractivity contribution < 1.29 is 14.2 Å². The zero-order valence-corrected chi connectivity index (χ0v) is 15.1. The first kappa shape index (κ1) is 18.1. The number of nitrogens with zero attached hydrogens (tertiary/aromatic N) is 3. The lowest BCUT2D eigenvalue weighted by Gasteiger charge is -2.21. The standard InChI is InChI=1S/C17H25N3O4/c1-11(2)19(3)7-8-20-10-18-14-12(17(20)21)9-13(22-4)15(23-5)16(14)24-6/h9-11H,7-8H2,1-6H3. The number of ether oxygens (including phenoxy) is 3. The molecule has 2 aromatic rings. The summed E-state index contributed by atoms with van der Waals surface area (Å²) in [6.45, 7) is 5.55. The van der Waals surface area contributed by atoms with Gasteiger partial charge in [0.2, 0.25) is 5.75 Å². The summed E-state index contributed by atoms with van der Waals surface area (Å²) in [5.41, 5.74) is 0.338. The summed E-state index contributed by atoms with van der Waals surface area (Å²) in [7, 11) is 6.59. The Morgan fingerprint density at radius 3 is 2.38 bits per heavy atom. The number of rotatable bonds is 7. The van der Waals surface area contributed by atoms with Crippen molar-refractivity contribution in [1.82, 2.24) is 14.5 Å². The lowest BCUT2D eigenvalue weighted by molar-refractivity contribution is 0.261. The Hall–Kier alpha value is -2.28. The average Bonchev–Trinajstić information content (AvgIpc) is 2.58. The largest absolute Gasteiger partial charge is 0.493 e. The lowest BCUT2D eigenvalue weighted by atomic mass is 10.2. The van der Waals surface area contributed by atoms with E-state index in [-0.39, 0.29) is 5.56 Å². The monoisotopic (exact) mass is 335 g/mol. The smallest absolute Gasteiger partial charge is 0.261 e. The van der Waals surface area contributed by atoms with Crippen LogP contribution in [0.1, 0.15) is 13.8 Å². The molecule has 0 aliphatic rings. The molecule has 1 aromatic carbocycles. The van der Waals surface area contributed by atoms with Crippen LogP contribution in [-0.4, -0.2) is 55.4 Å². The van der Waals surface area contributed by atoms with Gasteiger partial charge in [0.15, 0.2) is 11.5 Å². The van der Waals surface area contributed by atoms with Crippen molar-refractivity contribution in [1.29, 1.82) is 0 Å². The number of benzene rings is 1. The van der Waals surface area contributed by atoms with Gasteiger partial charge in [0.1, 0.15) is 5.52 Å². The maximum Gasteiger partial charge on any atom is 0.261 e. The van der Waals surface area contributed by atoms with E-state index < -0.39 is 0 Å². The summed E-state index contributed by atoms with van der Waals surface area (Å²) in [5.74, 6) is 1.27. The topological polar surface area (TPSA) is 65.8 Å². The average molecular weight is 335 g/mol. The van der Waals surface area contributed by atoms with Crippen LogP contribution >= 0.6 is 0 Å². The van der Waals surface area contributed by atoms with Crippen LogP contribution in [0, 0.1) is 0 Å². The fourth-order valence-corrected chi connectivity index (χ4v) is 2.45. The van der Waals surface area contributed by atoms with E-state index >= 15 is 0 Å². The summed E-state index contributed by atoms with van der Waals surface area (Å²) >= 11 is 0. The second-order valence-corrected chi connectivity index (χ2v) is 5.86. The van der Waals surface area contributed by atoms with Gasteiger partial charge in [-0.2, -0.15) is 0 Å². The van der Waals surface area contributed by atoms with E-state index in [0.29, 0.717) is 40.7 Å². The highest BCUT2D eigenvalue weighted by Gasteiger charge is 2.19. The van der Waals surface area contributed by atoms with Crippen molar-refractivity contribution in [3.8, 4) is 17.2 Å². The zero-order valence-electron chi connectivity index (χ0n) is 15.1. The summed E-state index contributed by atoms with van der Waals surface area (Å²) in [4.78, 5) is 19.4. The maximum absolute atomic E-state index is 12.8. The van der Waals surface area contributed by atoms with Crippen LogP contribution in [0.3, 0.4) is 0 Å². The van der Waals surface area contributed by atoms with Crippen molar-refractivity contribution in [2.75, 3.05) is 34.9 Å². The quantitative estimate of drug-likeness (QED) is 0.768. The van der Waals surface area contributed by atoms with Crippen molar-refractivity contribution >= 4 is 10.9 Å². The predicted octanol–water partition coefficient (Wildman–Crippen LogP) is 1.76. The molecule has 0 saturated heterocycles. The van der Waals surface area contributed by atoms with Crippen molar-refractivity contribution in [2.24, 2.45) is 0 Å². The van der Waals surface area contributed by atoms with E-state index in [1.54, 1.807) is 17.0 Å². The molecule has 0 saturated carbocycles. The van der Waals surface area contributed by atoms with Gasteiger partial charge >= 0.3 is 0 Å². The predicted molar refractivity (Wildman–Crippen MR) is 93.4 cm³/mol. The first-order valence-electron chi connectivity index (χ1n) is 7.82. The number of hydrogen-bond donors (Lipinski definition) is 0. The first-order valence-corrected chi connectivity index (χ1v) is 7.82. The molecule has 7 nitrogen and oxygen atoms in total. The van der Waals surface area contributed by atoms with Crippen molar-refractivity contribution in [3.63, 3.8) is 0 Å². The van der Waals surface area contributed by atoms with Crippen LogP contribution in [0.5, 0.6) is 17.2 Å². The third-order valence-corrected chi connectivity index (χ3v) is 4.20. The van der Waals surface area contributed by atoms with Crippen LogP contribution in [0.25, 0.3) is 10.9 Å². The van der Waals surface area contributed by atoms with Crippen molar-refractivity contribution in [2.45, 2.75) is 26.4 Å². The summed E-state index contributed by atoms with van der Waals surface area (Å²) in [6, 6.07) is 2.06. The van der Waals surface area contributed by atoms with E-state index in [0.717, 1.165) is 6.54 Å². The molecule has 132 valence electrons. The minimum Gasteiger partial charge on any atom is -0.493 e. The molecule has 0 atom stereocenters. The minimum atomic E-state index is -0.128. The molecule has 7 heteroatoms. The fraction of sp³-hybridized carbons (Fsp3) is 0.529. The number of likely N-dealkylation sites (N-methyl/N-ethyl adjacent to an activating group) is 1. The highest BCUT2D eigenvalue weighted by Crippen LogP contribution is 2.41. The van der Waals surface area contributed by atoms with Gasteiger partial charge in [-0.1, -0.05) is 0 Å². The SMILES string of the molecule is COc1cc2c(=O)n(CCN(C)C(C)C)cnc2c(OC)c1OC. The molecule has 0 N–H and O–H groups in total. The third kappa shape index (κ3) is 3.31. The Morgan fingerprint density at radius 1 is 1.17 bits per heavy atom. The second kappa shape index (κ2) is 7.53. The Bertz CT molecular complexity index is 771. The van der Waals surface area contributed by atoms with E-state index in [2.05, 4.69) is 23.7 Å². The van der Waals surface area contributed by atoms with Gasteiger partial charge in [0.25, 0.3) is 5.56 Å². The van der Waals surface area contributed by atoms with Gasteiger partial charge in [0.05, 0.1) is 33.0 Å². The maximum atomic E-state index is 12.8. The Balaban J connectivity index is 2.53. The van der Waals surface area contributed by atoms with E-state index in [9.17, 15) is 4.79 Å². The van der Waals surface area contributed by atoms with E-state index in [1.165, 1.54) is 21.3 Å². The van der Waals surface area contributed by atoms with Crippen LogP contribution in [0.4, 0.5) is 0 Å². The van der Waals surface area contributed by atoms with Gasteiger partial charge in [-0.3, -0.25) is 9.36 Å². The molecule has 0 aliphatic heterocycles. The molecule has 0 bridgehead atoms. The van der Waals surface area contributed by atoms with Crippen LogP contribution in [0.15, 0.2) is 17.2 Å². The second-order valence-electron chi connectivity index (χ2n) is 5.86. The molecular formula is C17H25N3O4. The van der Waals surface area contributed by atoms with Crippen LogP contribution in [-0.2, 0) is 6.54 Å². The molecule has 0 spiro atoms. The molecular weight excluding hydrogens is 310 g/mol. The van der Waals surface area contributed by atoms with Crippen LogP contribution in [0.2, 0.25) is 0 Å². The fourth-order valence-electron chi connectivity index (χ4n) is 2.45. The summed E-state index contributed by atoms with van der Waals surface area (Å²) < 4.78 is 17.7. The van der Waals surface area contributed by atoms with Gasteiger partial charge < -0.3 is 19.1 Å². The summed E-state index contributed by atoms with van der Waals surface area (Å²) in [6.07, 6.45) is 1.55. The lowest BCUT2D eigenvalue weighted by Crippen LogP contribution is -2.32. The number of hydrogen-bond acceptors (Lipinski definition) is 6. The van der Waals surface area contributed by atoms with Gasteiger partial charge in [0, 0.05) is 19.1 Å². The Labute approximate surface area is 141 Å². The Kier molecular flexibility index (Phi) is 5.66.